The number of nitrogen functional groups attached to an aromatic ring is 1. The molecule has 0 bridgehead atoms. The second kappa shape index (κ2) is 4.41. The summed E-state index contributed by atoms with van der Waals surface area (Å²) in [6.45, 7) is 0.742. The molecule has 6 heteroatoms. The predicted octanol–water partition coefficient (Wildman–Crippen LogP) is 0.436. The second-order valence-electron chi connectivity index (χ2n) is 3.06. The fourth-order valence-corrected chi connectivity index (χ4v) is 1.21. The van der Waals surface area contributed by atoms with E-state index < -0.39 is 0 Å². The zero-order valence-electron chi connectivity index (χ0n) is 8.14. The molecule has 0 aliphatic heterocycles. The number of nitrogens with zero attached hydrogens (tertiary/aromatic N) is 3. The molecule has 2 aromatic heterocycles. The van der Waals surface area contributed by atoms with Crippen molar-refractivity contribution in [1.29, 1.82) is 0 Å². The van der Waals surface area contributed by atoms with Crippen molar-refractivity contribution < 1.29 is 0 Å². The molecule has 2 aromatic rings. The molecular formula is C9H12N6. The predicted molar refractivity (Wildman–Crippen MR) is 57.2 cm³/mol. The van der Waals surface area contributed by atoms with Crippen molar-refractivity contribution in [2.75, 3.05) is 17.6 Å². The maximum Gasteiger partial charge on any atom is 0.137 e. The van der Waals surface area contributed by atoms with Crippen LogP contribution in [0.2, 0.25) is 0 Å². The molecular weight excluding hydrogens is 192 g/mol. The van der Waals surface area contributed by atoms with E-state index in [1.807, 2.05) is 12.1 Å². The number of hydrogen-bond donors (Lipinski definition) is 3. The maximum atomic E-state index is 5.55. The zero-order valence-corrected chi connectivity index (χ0v) is 8.14. The van der Waals surface area contributed by atoms with Gasteiger partial charge in [-0.05, 0) is 12.1 Å². The average Bonchev–Trinajstić information content (AvgIpc) is 2.71. The number of hydrogen-bond acceptors (Lipinski definition) is 5. The first kappa shape index (κ1) is 9.45. The summed E-state index contributed by atoms with van der Waals surface area (Å²) in [6.07, 6.45) is 2.27. The van der Waals surface area contributed by atoms with E-state index in [4.69, 9.17) is 5.73 Å². The number of aromatic amines is 1. The van der Waals surface area contributed by atoms with Gasteiger partial charge in [-0.1, -0.05) is 6.07 Å². The van der Waals surface area contributed by atoms with Gasteiger partial charge in [0.25, 0.3) is 0 Å². The van der Waals surface area contributed by atoms with Gasteiger partial charge in [0.15, 0.2) is 0 Å². The largest absolute Gasteiger partial charge is 0.384 e. The fourth-order valence-electron chi connectivity index (χ4n) is 1.21. The first-order valence-electron chi connectivity index (χ1n) is 4.65. The van der Waals surface area contributed by atoms with Gasteiger partial charge in [0, 0.05) is 13.0 Å². The van der Waals surface area contributed by atoms with Crippen molar-refractivity contribution in [2.45, 2.75) is 6.42 Å². The van der Waals surface area contributed by atoms with Gasteiger partial charge < -0.3 is 11.1 Å². The van der Waals surface area contributed by atoms with Gasteiger partial charge >= 0.3 is 0 Å². The first-order valence-corrected chi connectivity index (χ1v) is 4.65. The minimum absolute atomic E-state index is 0.514. The Morgan fingerprint density at radius 1 is 1.40 bits per heavy atom. The Labute approximate surface area is 86.9 Å². The van der Waals surface area contributed by atoms with E-state index >= 15 is 0 Å². The van der Waals surface area contributed by atoms with Crippen LogP contribution in [0.5, 0.6) is 0 Å². The van der Waals surface area contributed by atoms with Crippen molar-refractivity contribution in [1.82, 2.24) is 20.2 Å². The van der Waals surface area contributed by atoms with Crippen LogP contribution in [-0.2, 0) is 6.42 Å². The van der Waals surface area contributed by atoms with E-state index in [1.165, 1.54) is 6.33 Å². The molecule has 0 radical (unpaired) electrons. The Morgan fingerprint density at radius 3 is 3.07 bits per heavy atom. The highest BCUT2D eigenvalue weighted by atomic mass is 15.2. The lowest BCUT2D eigenvalue weighted by atomic mass is 10.4. The third-order valence-electron chi connectivity index (χ3n) is 1.90. The Morgan fingerprint density at radius 2 is 2.33 bits per heavy atom. The maximum absolute atomic E-state index is 5.55. The lowest BCUT2D eigenvalue weighted by molar-refractivity contribution is 0.897. The summed E-state index contributed by atoms with van der Waals surface area (Å²) in [4.78, 5) is 8.13. The average molecular weight is 204 g/mol. The summed E-state index contributed by atoms with van der Waals surface area (Å²) < 4.78 is 0. The normalized spacial score (nSPS) is 10.1. The topological polar surface area (TPSA) is 92.5 Å². The van der Waals surface area contributed by atoms with E-state index in [-0.39, 0.29) is 0 Å². The highest BCUT2D eigenvalue weighted by Crippen LogP contribution is 2.05. The number of nitrogens with two attached hydrogens (primary N) is 1. The van der Waals surface area contributed by atoms with Crippen molar-refractivity contribution in [3.63, 3.8) is 0 Å². The lowest BCUT2D eigenvalue weighted by Crippen LogP contribution is -2.07. The van der Waals surface area contributed by atoms with Gasteiger partial charge in [0.2, 0.25) is 0 Å². The number of pyridine rings is 1. The molecule has 0 fully saturated rings. The zero-order chi connectivity index (χ0) is 10.5. The Bertz CT molecular complexity index is 410. The quantitative estimate of drug-likeness (QED) is 0.671. The molecule has 2 rings (SSSR count). The third-order valence-corrected chi connectivity index (χ3v) is 1.90. The Kier molecular flexibility index (Phi) is 2.77. The monoisotopic (exact) mass is 204 g/mol. The molecule has 0 unspecified atom stereocenters. The second-order valence-corrected chi connectivity index (χ2v) is 3.06. The van der Waals surface area contributed by atoms with Gasteiger partial charge in [-0.15, -0.1) is 0 Å². The van der Waals surface area contributed by atoms with Gasteiger partial charge in [-0.25, -0.2) is 9.97 Å². The summed E-state index contributed by atoms with van der Waals surface area (Å²) in [6, 6.07) is 5.48. The summed E-state index contributed by atoms with van der Waals surface area (Å²) >= 11 is 0. The number of aromatic nitrogens is 4. The molecule has 0 saturated carbocycles. The van der Waals surface area contributed by atoms with Crippen molar-refractivity contribution in [3.05, 3.63) is 30.4 Å². The molecule has 0 spiro atoms. The molecule has 6 nitrogen and oxygen atoms in total. The number of anilines is 2. The molecule has 0 aromatic carbocycles. The number of nitrogens with one attached hydrogen (secondary N) is 2. The van der Waals surface area contributed by atoms with E-state index in [0.717, 1.165) is 24.6 Å². The van der Waals surface area contributed by atoms with Gasteiger partial charge in [0.1, 0.15) is 23.8 Å². The van der Waals surface area contributed by atoms with Gasteiger partial charge in [-0.3, -0.25) is 5.10 Å². The van der Waals surface area contributed by atoms with Gasteiger partial charge in [0.05, 0.1) is 0 Å². The van der Waals surface area contributed by atoms with Crippen LogP contribution in [-0.4, -0.2) is 26.7 Å². The standard InChI is InChI=1S/C9H12N6/c10-7-2-1-3-8(14-7)11-5-4-9-12-6-13-15-9/h1-3,6H,4-5H2,(H3,10,11,14)(H,12,13,15). The molecule has 78 valence electrons. The number of H-pyrrole nitrogens is 1. The Balaban J connectivity index is 1.83. The van der Waals surface area contributed by atoms with Crippen LogP contribution in [0.4, 0.5) is 11.6 Å². The molecule has 0 aliphatic rings. The lowest BCUT2D eigenvalue weighted by Gasteiger charge is -2.03. The van der Waals surface area contributed by atoms with Crippen LogP contribution in [0.15, 0.2) is 24.5 Å². The van der Waals surface area contributed by atoms with Crippen molar-refractivity contribution in [3.8, 4) is 0 Å². The van der Waals surface area contributed by atoms with Crippen molar-refractivity contribution >= 4 is 11.6 Å². The molecule has 2 heterocycles. The Hall–Kier alpha value is -2.11. The SMILES string of the molecule is Nc1cccc(NCCc2ncn[nH]2)n1. The van der Waals surface area contributed by atoms with Crippen LogP contribution in [0.25, 0.3) is 0 Å². The summed E-state index contributed by atoms with van der Waals surface area (Å²) in [5, 5.41) is 9.70. The van der Waals surface area contributed by atoms with Crippen molar-refractivity contribution in [2.24, 2.45) is 0 Å². The molecule has 4 N–H and O–H groups in total. The summed E-state index contributed by atoms with van der Waals surface area (Å²) in [5.41, 5.74) is 5.55. The molecule has 15 heavy (non-hydrogen) atoms. The van der Waals surface area contributed by atoms with E-state index in [0.29, 0.717) is 5.82 Å². The summed E-state index contributed by atoms with van der Waals surface area (Å²) in [7, 11) is 0. The van der Waals surface area contributed by atoms with E-state index in [2.05, 4.69) is 25.5 Å². The molecule has 0 atom stereocenters. The van der Waals surface area contributed by atoms with E-state index in [1.54, 1.807) is 6.07 Å². The van der Waals surface area contributed by atoms with E-state index in [9.17, 15) is 0 Å². The fraction of sp³-hybridized carbons (Fsp3) is 0.222. The van der Waals surface area contributed by atoms with Crippen LogP contribution < -0.4 is 11.1 Å². The minimum Gasteiger partial charge on any atom is -0.384 e. The third kappa shape index (κ3) is 2.67. The highest BCUT2D eigenvalue weighted by Gasteiger charge is 1.96. The molecule has 0 saturated heterocycles. The summed E-state index contributed by atoms with van der Waals surface area (Å²) in [5.74, 6) is 2.14. The van der Waals surface area contributed by atoms with Gasteiger partial charge in [-0.2, -0.15) is 5.10 Å². The smallest absolute Gasteiger partial charge is 0.137 e. The van der Waals surface area contributed by atoms with Crippen LogP contribution in [0.3, 0.4) is 0 Å². The molecule has 0 aliphatic carbocycles. The minimum atomic E-state index is 0.514. The number of rotatable bonds is 4. The molecule has 0 amide bonds. The highest BCUT2D eigenvalue weighted by molar-refractivity contribution is 5.42. The first-order chi connectivity index (χ1) is 7.34. The van der Waals surface area contributed by atoms with Crippen LogP contribution in [0, 0.1) is 0 Å². The van der Waals surface area contributed by atoms with Crippen LogP contribution >= 0.6 is 0 Å². The van der Waals surface area contributed by atoms with Crippen LogP contribution in [0.1, 0.15) is 5.82 Å².